The van der Waals surface area contributed by atoms with E-state index in [1.165, 1.54) is 26.4 Å². The molecule has 0 spiro atoms. The molecule has 1 aliphatic rings. The normalized spacial score (nSPS) is 15.3. The number of pyridine rings is 1. The lowest BCUT2D eigenvalue weighted by Gasteiger charge is -1.96. The maximum absolute atomic E-state index is 4.45. The third-order valence-electron chi connectivity index (χ3n) is 2.11. The van der Waals surface area contributed by atoms with Gasteiger partial charge in [-0.2, -0.15) is 0 Å². The van der Waals surface area contributed by atoms with Crippen LogP contribution < -0.4 is 0 Å². The zero-order valence-corrected chi connectivity index (χ0v) is 8.04. The molecule has 12 heavy (non-hydrogen) atoms. The first kappa shape index (κ1) is 6.92. The molecule has 0 fully saturated rings. The van der Waals surface area contributed by atoms with Crippen LogP contribution in [0.3, 0.4) is 0 Å². The molecular formula is C9H7NS2. The summed E-state index contributed by atoms with van der Waals surface area (Å²) in [6, 6.07) is 2.14. The van der Waals surface area contributed by atoms with Crippen molar-refractivity contribution in [3.05, 3.63) is 23.3 Å². The summed E-state index contributed by atoms with van der Waals surface area (Å²) in [6.07, 6.45) is 3.14. The van der Waals surface area contributed by atoms with Gasteiger partial charge in [0.25, 0.3) is 0 Å². The van der Waals surface area contributed by atoms with Crippen molar-refractivity contribution in [3.8, 4) is 0 Å². The van der Waals surface area contributed by atoms with Crippen molar-refractivity contribution in [1.29, 1.82) is 0 Å². The van der Waals surface area contributed by atoms with Gasteiger partial charge >= 0.3 is 0 Å². The Morgan fingerprint density at radius 1 is 1.42 bits per heavy atom. The van der Waals surface area contributed by atoms with Crippen LogP contribution in [0.5, 0.6) is 0 Å². The molecule has 2 aromatic rings. The van der Waals surface area contributed by atoms with Gasteiger partial charge in [-0.3, -0.25) is 4.98 Å². The van der Waals surface area contributed by atoms with Gasteiger partial charge in [0.2, 0.25) is 0 Å². The second kappa shape index (κ2) is 2.47. The monoisotopic (exact) mass is 193 g/mol. The predicted molar refractivity (Wildman–Crippen MR) is 54.0 cm³/mol. The first-order valence-electron chi connectivity index (χ1n) is 3.93. The fourth-order valence-electron chi connectivity index (χ4n) is 1.52. The predicted octanol–water partition coefficient (Wildman–Crippen LogP) is 2.94. The quantitative estimate of drug-likeness (QED) is 0.638. The van der Waals surface area contributed by atoms with Gasteiger partial charge in [-0.05, 0) is 11.4 Å². The highest BCUT2D eigenvalue weighted by molar-refractivity contribution is 8.00. The van der Waals surface area contributed by atoms with Gasteiger partial charge in [0.15, 0.2) is 0 Å². The molecule has 1 nitrogen and oxygen atoms in total. The number of aromatic nitrogens is 1. The highest BCUT2D eigenvalue weighted by Gasteiger charge is 2.16. The molecule has 0 radical (unpaired) electrons. The van der Waals surface area contributed by atoms with Gasteiger partial charge in [-0.15, -0.1) is 23.1 Å². The van der Waals surface area contributed by atoms with E-state index in [2.05, 4.69) is 16.4 Å². The van der Waals surface area contributed by atoms with Crippen molar-refractivity contribution in [2.24, 2.45) is 0 Å². The van der Waals surface area contributed by atoms with E-state index in [0.717, 1.165) is 6.42 Å². The van der Waals surface area contributed by atoms with E-state index >= 15 is 0 Å². The average molecular weight is 193 g/mol. The summed E-state index contributed by atoms with van der Waals surface area (Å²) >= 11 is 3.78. The second-order valence-corrected chi connectivity index (χ2v) is 4.86. The first-order chi connectivity index (χ1) is 5.95. The Bertz CT molecular complexity index is 433. The fourth-order valence-corrected chi connectivity index (χ4v) is 3.74. The summed E-state index contributed by atoms with van der Waals surface area (Å²) in [4.78, 5) is 5.88. The number of aryl methyl sites for hydroxylation is 1. The molecule has 0 aliphatic carbocycles. The largest absolute Gasteiger partial charge is 0.259 e. The van der Waals surface area contributed by atoms with Crippen LogP contribution in [0, 0.1) is 0 Å². The zero-order chi connectivity index (χ0) is 7.97. The highest BCUT2D eigenvalue weighted by atomic mass is 32.2. The SMILES string of the molecule is c1cc2cnc3c(c2s1)SCC3. The lowest BCUT2D eigenvalue weighted by atomic mass is 10.2. The van der Waals surface area contributed by atoms with Gasteiger partial charge in [-0.25, -0.2) is 0 Å². The van der Waals surface area contributed by atoms with E-state index in [-0.39, 0.29) is 0 Å². The lowest BCUT2D eigenvalue weighted by Crippen LogP contribution is -1.84. The van der Waals surface area contributed by atoms with Gasteiger partial charge in [0.1, 0.15) is 0 Å². The Hall–Kier alpha value is -0.540. The van der Waals surface area contributed by atoms with E-state index in [4.69, 9.17) is 0 Å². The molecule has 0 N–H and O–H groups in total. The zero-order valence-electron chi connectivity index (χ0n) is 6.41. The second-order valence-electron chi connectivity index (χ2n) is 2.84. The topological polar surface area (TPSA) is 12.9 Å². The molecule has 0 amide bonds. The summed E-state index contributed by atoms with van der Waals surface area (Å²) in [5.74, 6) is 1.21. The summed E-state index contributed by atoms with van der Waals surface area (Å²) in [6.45, 7) is 0. The number of rotatable bonds is 0. The Kier molecular flexibility index (Phi) is 1.43. The number of hydrogen-bond acceptors (Lipinski definition) is 3. The Morgan fingerprint density at radius 3 is 3.42 bits per heavy atom. The van der Waals surface area contributed by atoms with Crippen LogP contribution in [0.15, 0.2) is 22.5 Å². The molecule has 60 valence electrons. The van der Waals surface area contributed by atoms with E-state index in [9.17, 15) is 0 Å². The molecule has 3 heteroatoms. The van der Waals surface area contributed by atoms with Crippen LogP contribution in [0.25, 0.3) is 10.1 Å². The molecule has 0 atom stereocenters. The number of fused-ring (bicyclic) bond motifs is 3. The van der Waals surface area contributed by atoms with E-state index in [0.29, 0.717) is 0 Å². The summed E-state index contributed by atoms with van der Waals surface area (Å²) < 4.78 is 1.43. The molecule has 1 aliphatic heterocycles. The minimum absolute atomic E-state index is 1.15. The van der Waals surface area contributed by atoms with Crippen LogP contribution >= 0.6 is 23.1 Å². The smallest absolute Gasteiger partial charge is 0.0562 e. The van der Waals surface area contributed by atoms with Crippen LogP contribution in [0.4, 0.5) is 0 Å². The maximum atomic E-state index is 4.45. The minimum atomic E-state index is 1.15. The number of thiophene rings is 1. The van der Waals surface area contributed by atoms with Crippen molar-refractivity contribution in [2.45, 2.75) is 11.3 Å². The third kappa shape index (κ3) is 0.836. The molecule has 0 unspecified atom stereocenters. The molecule has 0 saturated carbocycles. The Morgan fingerprint density at radius 2 is 2.42 bits per heavy atom. The lowest BCUT2D eigenvalue weighted by molar-refractivity contribution is 1.04. The van der Waals surface area contributed by atoms with Gasteiger partial charge < -0.3 is 0 Å². The molecular weight excluding hydrogens is 186 g/mol. The van der Waals surface area contributed by atoms with Gasteiger partial charge in [0, 0.05) is 28.7 Å². The standard InChI is InChI=1S/C9H7NS2/c1-3-11-8-6(1)5-10-7-2-4-12-9(7)8/h1,3,5H,2,4H2. The summed E-state index contributed by atoms with van der Waals surface area (Å²) in [5, 5.41) is 3.44. The first-order valence-corrected chi connectivity index (χ1v) is 5.79. The highest BCUT2D eigenvalue weighted by Crippen LogP contribution is 2.38. The van der Waals surface area contributed by atoms with Crippen molar-refractivity contribution in [2.75, 3.05) is 5.75 Å². The van der Waals surface area contributed by atoms with E-state index in [1.54, 1.807) is 0 Å². The fraction of sp³-hybridized carbons (Fsp3) is 0.222. The minimum Gasteiger partial charge on any atom is -0.259 e. The van der Waals surface area contributed by atoms with Crippen molar-refractivity contribution < 1.29 is 0 Å². The van der Waals surface area contributed by atoms with Crippen molar-refractivity contribution in [3.63, 3.8) is 0 Å². The summed E-state index contributed by atoms with van der Waals surface area (Å²) in [5.41, 5.74) is 1.30. The van der Waals surface area contributed by atoms with Crippen LogP contribution in [0.2, 0.25) is 0 Å². The maximum Gasteiger partial charge on any atom is 0.0562 e. The molecule has 0 saturated heterocycles. The van der Waals surface area contributed by atoms with E-state index < -0.39 is 0 Å². The van der Waals surface area contributed by atoms with Gasteiger partial charge in [0.05, 0.1) is 10.4 Å². The van der Waals surface area contributed by atoms with Crippen LogP contribution in [-0.4, -0.2) is 10.7 Å². The summed E-state index contributed by atoms with van der Waals surface area (Å²) in [7, 11) is 0. The Balaban J connectivity index is 2.46. The van der Waals surface area contributed by atoms with E-state index in [1.807, 2.05) is 29.3 Å². The number of thioether (sulfide) groups is 1. The Labute approximate surface area is 78.8 Å². The van der Waals surface area contributed by atoms with Crippen molar-refractivity contribution in [1.82, 2.24) is 4.98 Å². The number of hydrogen-bond donors (Lipinski definition) is 0. The molecule has 2 aromatic heterocycles. The van der Waals surface area contributed by atoms with Crippen LogP contribution in [-0.2, 0) is 6.42 Å². The average Bonchev–Trinajstić information content (AvgIpc) is 2.71. The molecule has 3 heterocycles. The molecule has 0 bridgehead atoms. The number of nitrogens with zero attached hydrogens (tertiary/aromatic N) is 1. The van der Waals surface area contributed by atoms with Crippen molar-refractivity contribution >= 4 is 33.2 Å². The van der Waals surface area contributed by atoms with Gasteiger partial charge in [-0.1, -0.05) is 0 Å². The molecule has 0 aromatic carbocycles. The van der Waals surface area contributed by atoms with Crippen LogP contribution in [0.1, 0.15) is 5.69 Å². The third-order valence-corrected chi connectivity index (χ3v) is 4.32. The molecule has 3 rings (SSSR count).